The average molecular weight is 312 g/mol. The van der Waals surface area contributed by atoms with E-state index in [0.717, 1.165) is 18.4 Å². The second-order valence-corrected chi connectivity index (χ2v) is 7.93. The smallest absolute Gasteiger partial charge is 0.241 e. The summed E-state index contributed by atoms with van der Waals surface area (Å²) in [6.07, 6.45) is 3.17. The molecule has 0 saturated heterocycles. The van der Waals surface area contributed by atoms with Gasteiger partial charge in [-0.1, -0.05) is 6.92 Å². The standard InChI is InChI=1S/C15H24N2O3S/c1-11-5-7-15(10-18,8-6-11)17-21(19,20)13-3-4-14(16)12(2)9-13/h3-4,9,11,17-18H,5-8,10,16H2,1-2H3. The third-order valence-corrected chi connectivity index (χ3v) is 6.01. The first-order chi connectivity index (χ1) is 9.78. The summed E-state index contributed by atoms with van der Waals surface area (Å²) in [5, 5.41) is 9.69. The molecule has 21 heavy (non-hydrogen) atoms. The van der Waals surface area contributed by atoms with Gasteiger partial charge >= 0.3 is 0 Å². The number of aliphatic hydroxyl groups is 1. The number of sulfonamides is 1. The number of anilines is 1. The van der Waals surface area contributed by atoms with Gasteiger partial charge in [0.05, 0.1) is 17.0 Å². The van der Waals surface area contributed by atoms with Crippen LogP contribution in [-0.4, -0.2) is 25.7 Å². The first-order valence-electron chi connectivity index (χ1n) is 7.29. The number of nitrogens with two attached hydrogens (primary N) is 1. The van der Waals surface area contributed by atoms with E-state index in [1.165, 1.54) is 6.07 Å². The molecule has 0 aromatic heterocycles. The van der Waals surface area contributed by atoms with E-state index in [9.17, 15) is 13.5 Å². The molecular weight excluding hydrogens is 288 g/mol. The molecule has 0 heterocycles. The Labute approximate surface area is 126 Å². The molecule has 0 atom stereocenters. The van der Waals surface area contributed by atoms with Crippen molar-refractivity contribution in [2.45, 2.75) is 50.0 Å². The van der Waals surface area contributed by atoms with Crippen LogP contribution in [0.25, 0.3) is 0 Å². The van der Waals surface area contributed by atoms with Crippen LogP contribution in [0.3, 0.4) is 0 Å². The molecule has 5 nitrogen and oxygen atoms in total. The number of nitrogen functional groups attached to an aromatic ring is 1. The zero-order chi connectivity index (χ0) is 15.7. The van der Waals surface area contributed by atoms with Gasteiger partial charge in [-0.3, -0.25) is 0 Å². The van der Waals surface area contributed by atoms with Crippen molar-refractivity contribution in [3.8, 4) is 0 Å². The van der Waals surface area contributed by atoms with Crippen LogP contribution in [0.5, 0.6) is 0 Å². The lowest BCUT2D eigenvalue weighted by Crippen LogP contribution is -2.53. The molecule has 0 aliphatic heterocycles. The van der Waals surface area contributed by atoms with Crippen LogP contribution in [0.4, 0.5) is 5.69 Å². The fraction of sp³-hybridized carbons (Fsp3) is 0.600. The summed E-state index contributed by atoms with van der Waals surface area (Å²) in [6, 6.07) is 4.66. The van der Waals surface area contributed by atoms with Crippen molar-refractivity contribution in [1.29, 1.82) is 0 Å². The molecular formula is C15H24N2O3S. The molecule has 1 aliphatic carbocycles. The maximum Gasteiger partial charge on any atom is 0.241 e. The normalized spacial score (nSPS) is 26.7. The quantitative estimate of drug-likeness (QED) is 0.739. The monoisotopic (exact) mass is 312 g/mol. The average Bonchev–Trinajstić information content (AvgIpc) is 2.44. The second kappa shape index (κ2) is 5.94. The minimum absolute atomic E-state index is 0.174. The number of hydrogen-bond donors (Lipinski definition) is 3. The summed E-state index contributed by atoms with van der Waals surface area (Å²) in [4.78, 5) is 0.195. The summed E-state index contributed by atoms with van der Waals surface area (Å²) < 4.78 is 27.8. The van der Waals surface area contributed by atoms with Crippen LogP contribution >= 0.6 is 0 Å². The Balaban J connectivity index is 2.25. The van der Waals surface area contributed by atoms with Gasteiger partial charge < -0.3 is 10.8 Å². The van der Waals surface area contributed by atoms with Crippen molar-refractivity contribution in [3.63, 3.8) is 0 Å². The van der Waals surface area contributed by atoms with E-state index in [4.69, 9.17) is 5.73 Å². The summed E-state index contributed by atoms with van der Waals surface area (Å²) in [5.74, 6) is 0.577. The lowest BCUT2D eigenvalue weighted by molar-refractivity contribution is 0.125. The van der Waals surface area contributed by atoms with Crippen molar-refractivity contribution in [1.82, 2.24) is 4.72 Å². The maximum atomic E-state index is 12.5. The Morgan fingerprint density at radius 1 is 1.38 bits per heavy atom. The molecule has 0 radical (unpaired) electrons. The van der Waals surface area contributed by atoms with Gasteiger partial charge in [-0.2, -0.15) is 0 Å². The number of nitrogens with one attached hydrogen (secondary N) is 1. The molecule has 1 fully saturated rings. The Morgan fingerprint density at radius 3 is 2.52 bits per heavy atom. The summed E-state index contributed by atoms with van der Waals surface area (Å²) >= 11 is 0. The molecule has 1 aliphatic rings. The molecule has 1 saturated carbocycles. The minimum atomic E-state index is -3.65. The van der Waals surface area contributed by atoms with E-state index in [0.29, 0.717) is 24.4 Å². The number of aryl methyl sites for hydroxylation is 1. The van der Waals surface area contributed by atoms with Crippen LogP contribution in [0, 0.1) is 12.8 Å². The molecule has 0 amide bonds. The third kappa shape index (κ3) is 3.56. The van der Waals surface area contributed by atoms with E-state index < -0.39 is 15.6 Å². The Morgan fingerprint density at radius 2 is 2.00 bits per heavy atom. The minimum Gasteiger partial charge on any atom is -0.399 e. The fourth-order valence-electron chi connectivity index (χ4n) is 2.77. The van der Waals surface area contributed by atoms with E-state index in [1.54, 1.807) is 19.1 Å². The van der Waals surface area contributed by atoms with Gasteiger partial charge in [-0.05, 0) is 62.3 Å². The van der Waals surface area contributed by atoms with E-state index in [2.05, 4.69) is 11.6 Å². The lowest BCUT2D eigenvalue weighted by atomic mass is 9.78. The molecule has 118 valence electrons. The van der Waals surface area contributed by atoms with E-state index >= 15 is 0 Å². The maximum absolute atomic E-state index is 12.5. The van der Waals surface area contributed by atoms with Crippen LogP contribution in [0.1, 0.15) is 38.2 Å². The van der Waals surface area contributed by atoms with Crippen molar-refractivity contribution in [2.24, 2.45) is 5.92 Å². The number of rotatable bonds is 4. The largest absolute Gasteiger partial charge is 0.399 e. The number of benzene rings is 1. The third-order valence-electron chi connectivity index (χ3n) is 4.44. The molecule has 4 N–H and O–H groups in total. The molecule has 6 heteroatoms. The highest BCUT2D eigenvalue weighted by Crippen LogP contribution is 2.33. The summed E-state index contributed by atoms with van der Waals surface area (Å²) in [6.45, 7) is 3.75. The van der Waals surface area contributed by atoms with Gasteiger partial charge in [0, 0.05) is 5.69 Å². The van der Waals surface area contributed by atoms with Gasteiger partial charge in [0.25, 0.3) is 0 Å². The van der Waals surface area contributed by atoms with Crippen molar-refractivity contribution in [2.75, 3.05) is 12.3 Å². The van der Waals surface area contributed by atoms with Gasteiger partial charge in [0.1, 0.15) is 0 Å². The molecule has 1 aromatic rings. The van der Waals surface area contributed by atoms with Crippen LogP contribution in [0.2, 0.25) is 0 Å². The number of aliphatic hydroxyl groups excluding tert-OH is 1. The Kier molecular flexibility index (Phi) is 4.60. The number of hydrogen-bond acceptors (Lipinski definition) is 4. The van der Waals surface area contributed by atoms with Crippen LogP contribution in [0.15, 0.2) is 23.1 Å². The van der Waals surface area contributed by atoms with E-state index in [1.807, 2.05) is 0 Å². The predicted octanol–water partition coefficient (Wildman–Crippen LogP) is 1.80. The zero-order valence-corrected chi connectivity index (χ0v) is 13.4. The van der Waals surface area contributed by atoms with Gasteiger partial charge in [-0.25, -0.2) is 13.1 Å². The second-order valence-electron chi connectivity index (χ2n) is 6.24. The molecule has 0 unspecified atom stereocenters. The molecule has 1 aromatic carbocycles. The van der Waals surface area contributed by atoms with Gasteiger partial charge in [-0.15, -0.1) is 0 Å². The van der Waals surface area contributed by atoms with Crippen molar-refractivity contribution in [3.05, 3.63) is 23.8 Å². The lowest BCUT2D eigenvalue weighted by Gasteiger charge is -2.38. The summed E-state index contributed by atoms with van der Waals surface area (Å²) in [5.41, 5.74) is 6.29. The highest BCUT2D eigenvalue weighted by atomic mass is 32.2. The fourth-order valence-corrected chi connectivity index (χ4v) is 4.30. The molecule has 0 spiro atoms. The van der Waals surface area contributed by atoms with Crippen LogP contribution < -0.4 is 10.5 Å². The van der Waals surface area contributed by atoms with Crippen molar-refractivity contribution < 1.29 is 13.5 Å². The zero-order valence-electron chi connectivity index (χ0n) is 12.6. The first-order valence-corrected chi connectivity index (χ1v) is 8.77. The molecule has 2 rings (SSSR count). The molecule has 0 bridgehead atoms. The van der Waals surface area contributed by atoms with Gasteiger partial charge in [0.15, 0.2) is 0 Å². The van der Waals surface area contributed by atoms with Gasteiger partial charge in [0.2, 0.25) is 10.0 Å². The predicted molar refractivity (Wildman–Crippen MR) is 83.4 cm³/mol. The highest BCUT2D eigenvalue weighted by Gasteiger charge is 2.37. The van der Waals surface area contributed by atoms with Crippen LogP contribution in [-0.2, 0) is 10.0 Å². The highest BCUT2D eigenvalue weighted by molar-refractivity contribution is 7.89. The first kappa shape index (κ1) is 16.3. The Bertz CT molecular complexity index is 605. The topological polar surface area (TPSA) is 92.4 Å². The van der Waals surface area contributed by atoms with Crippen molar-refractivity contribution >= 4 is 15.7 Å². The van der Waals surface area contributed by atoms with E-state index in [-0.39, 0.29) is 11.5 Å². The SMILES string of the molecule is Cc1cc(S(=O)(=O)NC2(CO)CCC(C)CC2)ccc1N. The summed E-state index contributed by atoms with van der Waals surface area (Å²) in [7, 11) is -3.65. The Hall–Kier alpha value is -1.11.